The summed E-state index contributed by atoms with van der Waals surface area (Å²) in [6, 6.07) is 2.09. The number of hydrogen-bond acceptors (Lipinski definition) is 5. The predicted molar refractivity (Wildman–Crippen MR) is 91.9 cm³/mol. The molecule has 7 heteroatoms. The van der Waals surface area contributed by atoms with Crippen molar-refractivity contribution in [2.75, 3.05) is 40.4 Å². The lowest BCUT2D eigenvalue weighted by Crippen LogP contribution is -2.43. The largest absolute Gasteiger partial charge is 0.383 e. The summed E-state index contributed by atoms with van der Waals surface area (Å²) in [6.07, 6.45) is 5.47. The normalized spacial score (nSPS) is 18.0. The van der Waals surface area contributed by atoms with Gasteiger partial charge >= 0.3 is 0 Å². The van der Waals surface area contributed by atoms with E-state index in [4.69, 9.17) is 4.74 Å². The fourth-order valence-electron chi connectivity index (χ4n) is 3.29. The van der Waals surface area contributed by atoms with Crippen LogP contribution < -0.4 is 0 Å². The molecule has 24 heavy (non-hydrogen) atoms. The number of amides is 1. The fourth-order valence-corrected chi connectivity index (χ4v) is 3.29. The number of fused-ring (bicyclic) bond motifs is 1. The van der Waals surface area contributed by atoms with Crippen LogP contribution in [0.3, 0.4) is 0 Å². The average molecular weight is 331 g/mol. The molecule has 130 valence electrons. The van der Waals surface area contributed by atoms with Crippen LogP contribution >= 0.6 is 0 Å². The van der Waals surface area contributed by atoms with E-state index in [1.165, 1.54) is 0 Å². The molecule has 1 aliphatic rings. The van der Waals surface area contributed by atoms with E-state index >= 15 is 0 Å². The number of hydrogen-bond donors (Lipinski definition) is 0. The number of likely N-dealkylation sites (tertiary alicyclic amines) is 1. The number of aromatic nitrogens is 3. The predicted octanol–water partition coefficient (Wildman–Crippen LogP) is 1.15. The van der Waals surface area contributed by atoms with Gasteiger partial charge in [0.2, 0.25) is 0 Å². The molecule has 0 saturated carbocycles. The number of carbonyl (C=O) groups excluding carboxylic acids is 1. The third-order valence-corrected chi connectivity index (χ3v) is 4.64. The van der Waals surface area contributed by atoms with Gasteiger partial charge in [-0.05, 0) is 26.0 Å². The molecule has 0 bridgehead atoms. The highest BCUT2D eigenvalue weighted by atomic mass is 16.5. The maximum Gasteiger partial charge on any atom is 0.255 e. The molecule has 1 atom stereocenters. The van der Waals surface area contributed by atoms with E-state index in [2.05, 4.69) is 21.9 Å². The summed E-state index contributed by atoms with van der Waals surface area (Å²) in [6.45, 7) is 3.25. The van der Waals surface area contributed by atoms with Crippen molar-refractivity contribution < 1.29 is 9.53 Å². The molecule has 1 aliphatic heterocycles. The van der Waals surface area contributed by atoms with Crippen molar-refractivity contribution in [3.05, 3.63) is 24.2 Å². The van der Waals surface area contributed by atoms with Crippen molar-refractivity contribution in [2.45, 2.75) is 18.9 Å². The monoisotopic (exact) mass is 331 g/mol. The first-order chi connectivity index (χ1) is 11.6. The molecule has 1 fully saturated rings. The third kappa shape index (κ3) is 3.42. The Morgan fingerprint density at radius 2 is 2.29 bits per heavy atom. The number of likely N-dealkylation sites (N-methyl/N-ethyl adjacent to an activating group) is 1. The number of ether oxygens (including phenoxy) is 1. The van der Waals surface area contributed by atoms with Crippen molar-refractivity contribution in [1.29, 1.82) is 0 Å². The Morgan fingerprint density at radius 1 is 1.46 bits per heavy atom. The van der Waals surface area contributed by atoms with Crippen LogP contribution in [0.4, 0.5) is 0 Å². The van der Waals surface area contributed by atoms with Crippen molar-refractivity contribution >= 4 is 17.1 Å². The Labute approximate surface area is 142 Å². The molecule has 3 rings (SSSR count). The highest BCUT2D eigenvalue weighted by Gasteiger charge is 2.30. The zero-order valence-corrected chi connectivity index (χ0v) is 14.6. The van der Waals surface area contributed by atoms with Crippen LogP contribution in [0.25, 0.3) is 11.2 Å². The molecule has 0 unspecified atom stereocenters. The zero-order chi connectivity index (χ0) is 17.1. The van der Waals surface area contributed by atoms with Crippen LogP contribution in [-0.4, -0.2) is 76.7 Å². The number of carbonyl (C=O) groups is 1. The van der Waals surface area contributed by atoms with E-state index in [0.717, 1.165) is 43.6 Å². The van der Waals surface area contributed by atoms with Gasteiger partial charge in [-0.25, -0.2) is 9.97 Å². The van der Waals surface area contributed by atoms with Crippen molar-refractivity contribution in [1.82, 2.24) is 24.3 Å². The van der Waals surface area contributed by atoms with Crippen molar-refractivity contribution in [3.63, 3.8) is 0 Å². The Kier molecular flexibility index (Phi) is 5.11. The summed E-state index contributed by atoms with van der Waals surface area (Å²) in [4.78, 5) is 25.8. The van der Waals surface area contributed by atoms with Crippen LogP contribution in [0.2, 0.25) is 0 Å². The first kappa shape index (κ1) is 16.9. The minimum atomic E-state index is 0.0534. The van der Waals surface area contributed by atoms with Gasteiger partial charge in [0.15, 0.2) is 5.65 Å². The van der Waals surface area contributed by atoms with Gasteiger partial charge in [-0.2, -0.15) is 0 Å². The second kappa shape index (κ2) is 7.27. The fraction of sp³-hybridized carbons (Fsp3) is 0.588. The lowest BCUT2D eigenvalue weighted by molar-refractivity contribution is 0.0698. The quantitative estimate of drug-likeness (QED) is 0.794. The molecule has 2 aromatic heterocycles. The van der Waals surface area contributed by atoms with Gasteiger partial charge < -0.3 is 19.1 Å². The SMILES string of the molecule is COCCN(C)C[C@@H]1CCCN1C(=O)c1cnc2c(c1)ncn2C. The molecular formula is C17H25N5O2. The second-order valence-electron chi connectivity index (χ2n) is 6.47. The minimum absolute atomic E-state index is 0.0534. The molecule has 0 spiro atoms. The number of methoxy groups -OCH3 is 1. The van der Waals surface area contributed by atoms with E-state index < -0.39 is 0 Å². The summed E-state index contributed by atoms with van der Waals surface area (Å²) < 4.78 is 6.98. The highest BCUT2D eigenvalue weighted by molar-refractivity contribution is 5.96. The summed E-state index contributed by atoms with van der Waals surface area (Å²) in [5.41, 5.74) is 2.17. The highest BCUT2D eigenvalue weighted by Crippen LogP contribution is 2.21. The Bertz CT molecular complexity index is 714. The maximum absolute atomic E-state index is 12.9. The van der Waals surface area contributed by atoms with Crippen molar-refractivity contribution in [3.8, 4) is 0 Å². The van der Waals surface area contributed by atoms with Crippen LogP contribution in [0, 0.1) is 0 Å². The number of aryl methyl sites for hydroxylation is 1. The number of pyridine rings is 1. The molecule has 0 aromatic carbocycles. The molecule has 0 aliphatic carbocycles. The second-order valence-corrected chi connectivity index (χ2v) is 6.47. The van der Waals surface area contributed by atoms with E-state index in [1.807, 2.05) is 22.6 Å². The molecule has 2 aromatic rings. The van der Waals surface area contributed by atoms with Crippen LogP contribution in [0.5, 0.6) is 0 Å². The summed E-state index contributed by atoms with van der Waals surface area (Å²) >= 11 is 0. The molecule has 1 amide bonds. The number of nitrogens with zero attached hydrogens (tertiary/aromatic N) is 5. The van der Waals surface area contributed by atoms with Gasteiger partial charge in [-0.1, -0.05) is 0 Å². The number of imidazole rings is 1. The van der Waals surface area contributed by atoms with Gasteiger partial charge in [0, 0.05) is 46.0 Å². The van der Waals surface area contributed by atoms with E-state index in [-0.39, 0.29) is 11.9 Å². The first-order valence-corrected chi connectivity index (χ1v) is 8.35. The summed E-state index contributed by atoms with van der Waals surface area (Å²) in [5, 5.41) is 0. The van der Waals surface area contributed by atoms with E-state index in [1.54, 1.807) is 19.6 Å². The standard InChI is InChI=1S/C17H25N5O2/c1-20(7-8-24-3)11-14-5-4-6-22(14)17(23)13-9-15-16(18-10-13)21(2)12-19-15/h9-10,12,14H,4-8,11H2,1-3H3/t14-/m0/s1. The third-order valence-electron chi connectivity index (χ3n) is 4.64. The molecule has 3 heterocycles. The van der Waals surface area contributed by atoms with Gasteiger partial charge in [0.25, 0.3) is 5.91 Å². The van der Waals surface area contributed by atoms with Gasteiger partial charge in [-0.15, -0.1) is 0 Å². The summed E-state index contributed by atoms with van der Waals surface area (Å²) in [7, 11) is 5.68. The zero-order valence-electron chi connectivity index (χ0n) is 14.6. The van der Waals surface area contributed by atoms with E-state index in [0.29, 0.717) is 12.2 Å². The number of rotatable bonds is 6. The Hall–Kier alpha value is -1.99. The van der Waals surface area contributed by atoms with Gasteiger partial charge in [-0.3, -0.25) is 4.79 Å². The maximum atomic E-state index is 12.9. The van der Waals surface area contributed by atoms with Crippen molar-refractivity contribution in [2.24, 2.45) is 7.05 Å². The Morgan fingerprint density at radius 3 is 3.08 bits per heavy atom. The Balaban J connectivity index is 1.72. The molecule has 0 N–H and O–H groups in total. The molecule has 1 saturated heterocycles. The average Bonchev–Trinajstić information content (AvgIpc) is 3.19. The molecule has 7 nitrogen and oxygen atoms in total. The van der Waals surface area contributed by atoms with Gasteiger partial charge in [0.1, 0.15) is 5.52 Å². The topological polar surface area (TPSA) is 63.5 Å². The van der Waals surface area contributed by atoms with Gasteiger partial charge in [0.05, 0.1) is 18.5 Å². The lowest BCUT2D eigenvalue weighted by Gasteiger charge is -2.28. The van der Waals surface area contributed by atoms with E-state index in [9.17, 15) is 4.79 Å². The smallest absolute Gasteiger partial charge is 0.255 e. The molecular weight excluding hydrogens is 306 g/mol. The van der Waals surface area contributed by atoms with Crippen LogP contribution in [0.1, 0.15) is 23.2 Å². The minimum Gasteiger partial charge on any atom is -0.383 e. The molecule has 0 radical (unpaired) electrons. The summed E-state index contributed by atoms with van der Waals surface area (Å²) in [5.74, 6) is 0.0534. The first-order valence-electron chi connectivity index (χ1n) is 8.35. The van der Waals surface area contributed by atoms with Crippen LogP contribution in [-0.2, 0) is 11.8 Å². The van der Waals surface area contributed by atoms with Crippen LogP contribution in [0.15, 0.2) is 18.6 Å². The lowest BCUT2D eigenvalue weighted by atomic mass is 10.2.